The van der Waals surface area contributed by atoms with Crippen LogP contribution in [0.25, 0.3) is 0 Å². The molecule has 1 aromatic heterocycles. The molecular weight excluding hydrogens is 292 g/mol. The number of carbonyl (C=O) groups excluding carboxylic acids is 2. The maximum atomic E-state index is 12.7. The van der Waals surface area contributed by atoms with Gasteiger partial charge in [-0.15, -0.1) is 0 Å². The first-order valence-corrected chi connectivity index (χ1v) is 8.14. The first-order chi connectivity index (χ1) is 10.9. The summed E-state index contributed by atoms with van der Waals surface area (Å²) in [7, 11) is 0. The fourth-order valence-electron chi connectivity index (χ4n) is 2.66. The van der Waals surface area contributed by atoms with Gasteiger partial charge in [0.1, 0.15) is 5.41 Å². The minimum Gasteiger partial charge on any atom is -0.351 e. The average molecular weight is 318 g/mol. The standard InChI is InChI=1S/C17H26N4O2/c1-4-20-9-11-21(12-10-20)16(23)17(2,3)15(22)19-13-14-5-7-18-8-6-14/h5-8H,4,9-13H2,1-3H3,(H,19,22). The molecule has 0 aliphatic carbocycles. The van der Waals surface area contributed by atoms with Crippen molar-refractivity contribution in [3.63, 3.8) is 0 Å². The van der Waals surface area contributed by atoms with Crippen LogP contribution in [0.1, 0.15) is 26.3 Å². The maximum absolute atomic E-state index is 12.7. The lowest BCUT2D eigenvalue weighted by molar-refractivity contribution is -0.149. The van der Waals surface area contributed by atoms with Gasteiger partial charge in [0.2, 0.25) is 11.8 Å². The van der Waals surface area contributed by atoms with Crippen molar-refractivity contribution in [1.29, 1.82) is 0 Å². The van der Waals surface area contributed by atoms with Crippen LogP contribution in [-0.2, 0) is 16.1 Å². The third-order valence-electron chi connectivity index (χ3n) is 4.41. The maximum Gasteiger partial charge on any atom is 0.237 e. The zero-order valence-corrected chi connectivity index (χ0v) is 14.2. The van der Waals surface area contributed by atoms with E-state index in [9.17, 15) is 9.59 Å². The normalized spacial score (nSPS) is 16.2. The van der Waals surface area contributed by atoms with Gasteiger partial charge >= 0.3 is 0 Å². The van der Waals surface area contributed by atoms with E-state index < -0.39 is 5.41 Å². The summed E-state index contributed by atoms with van der Waals surface area (Å²) in [6.45, 7) is 10.0. The van der Waals surface area contributed by atoms with Crippen LogP contribution in [-0.4, -0.2) is 59.3 Å². The van der Waals surface area contributed by atoms with Crippen LogP contribution in [0.15, 0.2) is 24.5 Å². The Hall–Kier alpha value is -1.95. The third kappa shape index (κ3) is 4.28. The first-order valence-electron chi connectivity index (χ1n) is 8.14. The summed E-state index contributed by atoms with van der Waals surface area (Å²) in [6, 6.07) is 3.69. The Morgan fingerprint density at radius 3 is 2.35 bits per heavy atom. The number of pyridine rings is 1. The lowest BCUT2D eigenvalue weighted by Gasteiger charge is -2.37. The van der Waals surface area contributed by atoms with Crippen molar-refractivity contribution in [1.82, 2.24) is 20.1 Å². The Bertz CT molecular complexity index is 537. The van der Waals surface area contributed by atoms with E-state index in [0.29, 0.717) is 19.6 Å². The Balaban J connectivity index is 1.91. The number of hydrogen-bond acceptors (Lipinski definition) is 4. The van der Waals surface area contributed by atoms with E-state index in [2.05, 4.69) is 22.1 Å². The van der Waals surface area contributed by atoms with Crippen molar-refractivity contribution in [3.05, 3.63) is 30.1 Å². The molecule has 0 atom stereocenters. The first kappa shape index (κ1) is 17.4. The lowest BCUT2D eigenvalue weighted by Crippen LogP contribution is -2.55. The fourth-order valence-corrected chi connectivity index (χ4v) is 2.66. The second-order valence-corrected chi connectivity index (χ2v) is 6.39. The number of amides is 2. The average Bonchev–Trinajstić information content (AvgIpc) is 2.59. The number of nitrogens with zero attached hydrogens (tertiary/aromatic N) is 3. The minimum atomic E-state index is -1.05. The van der Waals surface area contributed by atoms with Crippen molar-refractivity contribution in [2.24, 2.45) is 5.41 Å². The van der Waals surface area contributed by atoms with Gasteiger partial charge in [0.15, 0.2) is 0 Å². The number of piperazine rings is 1. The van der Waals surface area contributed by atoms with Gasteiger partial charge in [-0.2, -0.15) is 0 Å². The molecule has 0 aromatic carbocycles. The summed E-state index contributed by atoms with van der Waals surface area (Å²) in [5.74, 6) is -0.335. The molecule has 0 bridgehead atoms. The van der Waals surface area contributed by atoms with Crippen LogP contribution in [0.5, 0.6) is 0 Å². The number of nitrogens with one attached hydrogen (secondary N) is 1. The molecule has 1 fully saturated rings. The predicted octanol–water partition coefficient (Wildman–Crippen LogP) is 0.888. The summed E-state index contributed by atoms with van der Waals surface area (Å²) in [4.78, 5) is 33.2. The molecule has 0 unspecified atom stereocenters. The quantitative estimate of drug-likeness (QED) is 0.819. The van der Waals surface area contributed by atoms with Crippen molar-refractivity contribution in [2.45, 2.75) is 27.3 Å². The Labute approximate surface area is 137 Å². The molecule has 2 heterocycles. The van der Waals surface area contributed by atoms with Gasteiger partial charge in [0.25, 0.3) is 0 Å². The zero-order valence-electron chi connectivity index (χ0n) is 14.2. The highest BCUT2D eigenvalue weighted by molar-refractivity contribution is 6.04. The smallest absolute Gasteiger partial charge is 0.237 e. The molecule has 1 aliphatic heterocycles. The number of hydrogen-bond donors (Lipinski definition) is 1. The molecule has 1 N–H and O–H groups in total. The van der Waals surface area contributed by atoms with E-state index >= 15 is 0 Å². The van der Waals surface area contributed by atoms with Gasteiger partial charge in [-0.05, 0) is 38.1 Å². The van der Waals surface area contributed by atoms with Gasteiger partial charge < -0.3 is 15.1 Å². The highest BCUT2D eigenvalue weighted by Crippen LogP contribution is 2.20. The van der Waals surface area contributed by atoms with Crippen molar-refractivity contribution in [2.75, 3.05) is 32.7 Å². The molecule has 2 rings (SSSR count). The summed E-state index contributed by atoms with van der Waals surface area (Å²) < 4.78 is 0. The SMILES string of the molecule is CCN1CCN(C(=O)C(C)(C)C(=O)NCc2ccncc2)CC1. The van der Waals surface area contributed by atoms with Crippen molar-refractivity contribution in [3.8, 4) is 0 Å². The molecule has 6 heteroatoms. The predicted molar refractivity (Wildman–Crippen MR) is 88.6 cm³/mol. The molecular formula is C17H26N4O2. The topological polar surface area (TPSA) is 65.5 Å². The van der Waals surface area contributed by atoms with Gasteiger partial charge in [-0.25, -0.2) is 0 Å². The van der Waals surface area contributed by atoms with E-state index in [4.69, 9.17) is 0 Å². The number of carbonyl (C=O) groups is 2. The van der Waals surface area contributed by atoms with E-state index in [1.54, 1.807) is 31.1 Å². The highest BCUT2D eigenvalue weighted by atomic mass is 16.2. The molecule has 1 saturated heterocycles. The second-order valence-electron chi connectivity index (χ2n) is 6.39. The van der Waals surface area contributed by atoms with Crippen LogP contribution >= 0.6 is 0 Å². The molecule has 1 aliphatic rings. The number of rotatable bonds is 5. The number of likely N-dealkylation sites (N-methyl/N-ethyl adjacent to an activating group) is 1. The summed E-state index contributed by atoms with van der Waals surface area (Å²) in [6.07, 6.45) is 3.37. The van der Waals surface area contributed by atoms with E-state index in [0.717, 1.165) is 25.2 Å². The van der Waals surface area contributed by atoms with Crippen LogP contribution in [0, 0.1) is 5.41 Å². The Morgan fingerprint density at radius 2 is 1.78 bits per heavy atom. The van der Waals surface area contributed by atoms with E-state index in [-0.39, 0.29) is 11.8 Å². The van der Waals surface area contributed by atoms with Gasteiger partial charge in [-0.1, -0.05) is 6.92 Å². The van der Waals surface area contributed by atoms with E-state index in [1.165, 1.54) is 0 Å². The molecule has 0 radical (unpaired) electrons. The van der Waals surface area contributed by atoms with Crippen LogP contribution in [0.4, 0.5) is 0 Å². The minimum absolute atomic E-state index is 0.0968. The molecule has 0 saturated carbocycles. The Morgan fingerprint density at radius 1 is 1.17 bits per heavy atom. The molecule has 23 heavy (non-hydrogen) atoms. The van der Waals surface area contributed by atoms with Crippen molar-refractivity contribution < 1.29 is 9.59 Å². The summed E-state index contributed by atoms with van der Waals surface area (Å²) in [5, 5.41) is 2.85. The third-order valence-corrected chi connectivity index (χ3v) is 4.41. The monoisotopic (exact) mass is 318 g/mol. The molecule has 0 spiro atoms. The molecule has 1 aromatic rings. The van der Waals surface area contributed by atoms with Gasteiger partial charge in [0.05, 0.1) is 0 Å². The fraction of sp³-hybridized carbons (Fsp3) is 0.588. The largest absolute Gasteiger partial charge is 0.351 e. The van der Waals surface area contributed by atoms with Crippen LogP contribution < -0.4 is 5.32 Å². The Kier molecular flexibility index (Phi) is 5.71. The van der Waals surface area contributed by atoms with E-state index in [1.807, 2.05) is 12.1 Å². The second kappa shape index (κ2) is 7.55. The summed E-state index contributed by atoms with van der Waals surface area (Å²) >= 11 is 0. The van der Waals surface area contributed by atoms with Crippen molar-refractivity contribution >= 4 is 11.8 Å². The molecule has 2 amide bonds. The lowest BCUT2D eigenvalue weighted by atomic mass is 9.90. The summed E-state index contributed by atoms with van der Waals surface area (Å²) in [5.41, 5.74) is -0.0883. The van der Waals surface area contributed by atoms with Gasteiger partial charge in [0, 0.05) is 45.1 Å². The zero-order chi connectivity index (χ0) is 16.9. The molecule has 6 nitrogen and oxygen atoms in total. The van der Waals surface area contributed by atoms with Crippen LogP contribution in [0.3, 0.4) is 0 Å². The van der Waals surface area contributed by atoms with Gasteiger partial charge in [-0.3, -0.25) is 14.6 Å². The highest BCUT2D eigenvalue weighted by Gasteiger charge is 2.39. The molecule has 126 valence electrons. The van der Waals surface area contributed by atoms with Crippen LogP contribution in [0.2, 0.25) is 0 Å². The number of aromatic nitrogens is 1.